The Bertz CT molecular complexity index is 512. The summed E-state index contributed by atoms with van der Waals surface area (Å²) in [6, 6.07) is 15.5. The van der Waals surface area contributed by atoms with E-state index in [1.807, 2.05) is 0 Å². The zero-order valence-electron chi connectivity index (χ0n) is 10.4. The summed E-state index contributed by atoms with van der Waals surface area (Å²) < 4.78 is 0. The summed E-state index contributed by atoms with van der Waals surface area (Å²) in [5.74, 6) is 0.708. The largest absolute Gasteiger partial charge is 0.306 e. The number of benzene rings is 2. The molecule has 0 radical (unpaired) electrons. The molecule has 1 nitrogen and oxygen atoms in total. The topological polar surface area (TPSA) is 3.24 Å². The van der Waals surface area contributed by atoms with Crippen molar-refractivity contribution in [1.29, 1.82) is 0 Å². The second-order valence-corrected chi connectivity index (χ2v) is 5.17. The maximum Gasteiger partial charge on any atom is 0.00474 e. The number of hydrogen-bond acceptors (Lipinski definition) is 1. The van der Waals surface area contributed by atoms with E-state index in [2.05, 4.69) is 54.4 Å². The van der Waals surface area contributed by atoms with Crippen LogP contribution in [0.25, 0.3) is 10.8 Å². The Morgan fingerprint density at radius 1 is 1.06 bits per heavy atom. The van der Waals surface area contributed by atoms with Crippen LogP contribution >= 0.6 is 0 Å². The van der Waals surface area contributed by atoms with Gasteiger partial charge in [-0.15, -0.1) is 0 Å². The van der Waals surface area contributed by atoms with Crippen LogP contribution in [0.4, 0.5) is 0 Å². The number of rotatable bonds is 1. The maximum absolute atomic E-state index is 2.45. The Kier molecular flexibility index (Phi) is 2.86. The highest BCUT2D eigenvalue weighted by Gasteiger charge is 2.20. The molecule has 0 aromatic heterocycles. The summed E-state index contributed by atoms with van der Waals surface area (Å²) in [7, 11) is 2.23. The molecule has 0 spiro atoms. The van der Waals surface area contributed by atoms with E-state index in [0.717, 1.165) is 0 Å². The predicted molar refractivity (Wildman–Crippen MR) is 73.4 cm³/mol. The zero-order chi connectivity index (χ0) is 11.7. The lowest BCUT2D eigenvalue weighted by Gasteiger charge is -2.30. The third-order valence-corrected chi connectivity index (χ3v) is 3.89. The predicted octanol–water partition coefficient (Wildman–Crippen LogP) is 3.65. The van der Waals surface area contributed by atoms with Crippen molar-refractivity contribution in [3.8, 4) is 0 Å². The van der Waals surface area contributed by atoms with Gasteiger partial charge in [0.25, 0.3) is 0 Å². The second kappa shape index (κ2) is 4.50. The quantitative estimate of drug-likeness (QED) is 0.716. The van der Waals surface area contributed by atoms with Gasteiger partial charge >= 0.3 is 0 Å². The summed E-state index contributed by atoms with van der Waals surface area (Å²) in [6.07, 6.45) is 2.66. The van der Waals surface area contributed by atoms with Crippen LogP contribution < -0.4 is 0 Å². The molecule has 0 bridgehead atoms. The third-order valence-electron chi connectivity index (χ3n) is 3.89. The van der Waals surface area contributed by atoms with Gasteiger partial charge in [0.05, 0.1) is 0 Å². The summed E-state index contributed by atoms with van der Waals surface area (Å²) in [4.78, 5) is 2.45. The van der Waals surface area contributed by atoms with Gasteiger partial charge in [-0.2, -0.15) is 0 Å². The first kappa shape index (κ1) is 10.8. The number of likely N-dealkylation sites (tertiary alicyclic amines) is 1. The highest BCUT2D eigenvalue weighted by Crippen LogP contribution is 2.31. The fourth-order valence-corrected chi connectivity index (χ4v) is 3.03. The minimum Gasteiger partial charge on any atom is -0.306 e. The van der Waals surface area contributed by atoms with Gasteiger partial charge in [-0.05, 0) is 48.7 Å². The summed E-state index contributed by atoms with van der Waals surface area (Å²) >= 11 is 0. The number of fused-ring (bicyclic) bond motifs is 1. The number of likely N-dealkylation sites (N-methyl/N-ethyl adjacent to an activating group) is 1. The van der Waals surface area contributed by atoms with Crippen LogP contribution in [0.1, 0.15) is 24.3 Å². The lowest BCUT2D eigenvalue weighted by Crippen LogP contribution is -2.30. The lowest BCUT2D eigenvalue weighted by atomic mass is 9.87. The molecule has 1 atom stereocenters. The van der Waals surface area contributed by atoms with Crippen molar-refractivity contribution >= 4 is 10.8 Å². The van der Waals surface area contributed by atoms with Gasteiger partial charge in [-0.1, -0.05) is 42.5 Å². The van der Waals surface area contributed by atoms with E-state index in [0.29, 0.717) is 5.92 Å². The highest BCUT2D eigenvalue weighted by molar-refractivity contribution is 5.86. The average Bonchev–Trinajstić information content (AvgIpc) is 2.38. The molecule has 1 fully saturated rings. The third kappa shape index (κ3) is 2.07. The number of hydrogen-bond donors (Lipinski definition) is 0. The van der Waals surface area contributed by atoms with Crippen LogP contribution in [0.15, 0.2) is 42.5 Å². The van der Waals surface area contributed by atoms with Crippen LogP contribution in [0, 0.1) is 0 Å². The van der Waals surface area contributed by atoms with Crippen LogP contribution in [-0.4, -0.2) is 25.0 Å². The van der Waals surface area contributed by atoms with Gasteiger partial charge in [-0.25, -0.2) is 0 Å². The normalized spacial score (nSPS) is 21.8. The van der Waals surface area contributed by atoms with E-state index in [9.17, 15) is 0 Å². The van der Waals surface area contributed by atoms with Crippen molar-refractivity contribution in [3.63, 3.8) is 0 Å². The van der Waals surface area contributed by atoms with Gasteiger partial charge in [0.1, 0.15) is 0 Å². The molecule has 88 valence electrons. The fourth-order valence-electron chi connectivity index (χ4n) is 3.03. The van der Waals surface area contributed by atoms with E-state index in [4.69, 9.17) is 0 Å². The van der Waals surface area contributed by atoms with E-state index >= 15 is 0 Å². The first-order valence-corrected chi connectivity index (χ1v) is 6.51. The van der Waals surface area contributed by atoms with Crippen molar-refractivity contribution in [2.24, 2.45) is 0 Å². The second-order valence-electron chi connectivity index (χ2n) is 5.17. The van der Waals surface area contributed by atoms with E-state index in [-0.39, 0.29) is 0 Å². The van der Waals surface area contributed by atoms with Crippen molar-refractivity contribution in [3.05, 3.63) is 48.0 Å². The Morgan fingerprint density at radius 3 is 2.76 bits per heavy atom. The molecule has 1 saturated heterocycles. The number of nitrogens with zero attached hydrogens (tertiary/aromatic N) is 1. The first-order chi connectivity index (χ1) is 8.34. The smallest absolute Gasteiger partial charge is 0.00474 e. The molecular formula is C16H19N. The van der Waals surface area contributed by atoms with E-state index in [1.165, 1.54) is 42.3 Å². The Balaban J connectivity index is 2.04. The van der Waals surface area contributed by atoms with Gasteiger partial charge in [0.2, 0.25) is 0 Å². The maximum atomic E-state index is 2.45. The highest BCUT2D eigenvalue weighted by atomic mass is 15.1. The molecule has 0 N–H and O–H groups in total. The van der Waals surface area contributed by atoms with Crippen LogP contribution in [0.2, 0.25) is 0 Å². The lowest BCUT2D eigenvalue weighted by molar-refractivity contribution is 0.251. The molecule has 2 aromatic carbocycles. The van der Waals surface area contributed by atoms with Gasteiger partial charge < -0.3 is 4.90 Å². The van der Waals surface area contributed by atoms with Crippen molar-refractivity contribution in [1.82, 2.24) is 4.90 Å². The van der Waals surface area contributed by atoms with Crippen molar-refractivity contribution in [2.75, 3.05) is 20.1 Å². The van der Waals surface area contributed by atoms with Crippen molar-refractivity contribution in [2.45, 2.75) is 18.8 Å². The molecule has 1 heteroatoms. The molecule has 17 heavy (non-hydrogen) atoms. The molecule has 1 aliphatic rings. The standard InChI is InChI=1S/C16H19N/c1-17-11-5-8-14(12-17)16-10-4-7-13-6-2-3-9-15(13)16/h2-4,6-7,9-10,14H,5,8,11-12H2,1H3. The molecule has 1 aliphatic heterocycles. The Labute approximate surface area is 103 Å². The number of piperidine rings is 1. The first-order valence-electron chi connectivity index (χ1n) is 6.51. The molecular weight excluding hydrogens is 206 g/mol. The molecule has 0 aliphatic carbocycles. The summed E-state index contributed by atoms with van der Waals surface area (Å²) in [6.45, 7) is 2.45. The van der Waals surface area contributed by atoms with Crippen LogP contribution in [0.3, 0.4) is 0 Å². The Hall–Kier alpha value is -1.34. The van der Waals surface area contributed by atoms with E-state index < -0.39 is 0 Å². The SMILES string of the molecule is CN1CCCC(c2cccc3ccccc23)C1. The molecule has 1 unspecified atom stereocenters. The molecule has 2 aromatic rings. The van der Waals surface area contributed by atoms with Crippen LogP contribution in [-0.2, 0) is 0 Å². The van der Waals surface area contributed by atoms with Crippen molar-refractivity contribution < 1.29 is 0 Å². The van der Waals surface area contributed by atoms with Crippen LogP contribution in [0.5, 0.6) is 0 Å². The fraction of sp³-hybridized carbons (Fsp3) is 0.375. The molecule has 1 heterocycles. The van der Waals surface area contributed by atoms with Gasteiger partial charge in [0, 0.05) is 6.54 Å². The van der Waals surface area contributed by atoms with Gasteiger partial charge in [0.15, 0.2) is 0 Å². The monoisotopic (exact) mass is 225 g/mol. The van der Waals surface area contributed by atoms with Gasteiger partial charge in [-0.3, -0.25) is 0 Å². The van der Waals surface area contributed by atoms with E-state index in [1.54, 1.807) is 0 Å². The molecule has 3 rings (SSSR count). The Morgan fingerprint density at radius 2 is 1.88 bits per heavy atom. The molecule has 0 saturated carbocycles. The summed E-state index contributed by atoms with van der Waals surface area (Å²) in [5.41, 5.74) is 1.54. The zero-order valence-corrected chi connectivity index (χ0v) is 10.4. The average molecular weight is 225 g/mol. The minimum absolute atomic E-state index is 0.708. The minimum atomic E-state index is 0.708. The summed E-state index contributed by atoms with van der Waals surface area (Å²) in [5, 5.41) is 2.81. The molecule has 0 amide bonds.